The van der Waals surface area contributed by atoms with Crippen LogP contribution in [0.1, 0.15) is 33.6 Å². The van der Waals surface area contributed by atoms with E-state index in [1.807, 2.05) is 20.8 Å². The highest BCUT2D eigenvalue weighted by Gasteiger charge is 2.76. The van der Waals surface area contributed by atoms with Gasteiger partial charge in [0.15, 0.2) is 5.78 Å². The van der Waals surface area contributed by atoms with Gasteiger partial charge in [-0.25, -0.2) is 0 Å². The highest BCUT2D eigenvalue weighted by Crippen LogP contribution is 2.72. The molecule has 0 aromatic rings. The molecule has 4 nitrogen and oxygen atoms in total. The second kappa shape index (κ2) is 4.04. The number of ketones is 1. The van der Waals surface area contributed by atoms with Crippen LogP contribution in [-0.2, 0) is 9.59 Å². The van der Waals surface area contributed by atoms with Gasteiger partial charge < -0.3 is 11.1 Å². The molecule has 0 radical (unpaired) electrons. The predicted molar refractivity (Wildman–Crippen MR) is 73.3 cm³/mol. The Hall–Kier alpha value is -0.420. The summed E-state index contributed by atoms with van der Waals surface area (Å²) in [5.41, 5.74) is 4.07. The van der Waals surface area contributed by atoms with Gasteiger partial charge in [0.2, 0.25) is 5.91 Å². The molecule has 0 aromatic carbocycles. The van der Waals surface area contributed by atoms with E-state index in [9.17, 15) is 9.59 Å². The lowest BCUT2D eigenvalue weighted by molar-refractivity contribution is -0.135. The Morgan fingerprint density at radius 3 is 2.50 bits per heavy atom. The molecule has 18 heavy (non-hydrogen) atoms. The second-order valence-corrected chi connectivity index (χ2v) is 7.12. The molecule has 2 fully saturated rings. The van der Waals surface area contributed by atoms with E-state index in [2.05, 4.69) is 21.2 Å². The fourth-order valence-corrected chi connectivity index (χ4v) is 5.31. The first-order valence-electron chi connectivity index (χ1n) is 6.42. The minimum absolute atomic E-state index is 0.0330. The number of Topliss-reactive ketones (excluding diaryl/α,β-unsaturated/α-hetero) is 1. The number of rotatable bonds is 3. The van der Waals surface area contributed by atoms with E-state index in [0.29, 0.717) is 13.1 Å². The number of amides is 1. The molecule has 3 unspecified atom stereocenters. The van der Waals surface area contributed by atoms with Gasteiger partial charge >= 0.3 is 0 Å². The van der Waals surface area contributed by atoms with E-state index < -0.39 is 10.8 Å². The lowest BCUT2D eigenvalue weighted by atomic mass is 9.64. The van der Waals surface area contributed by atoms with Crippen LogP contribution in [0.3, 0.4) is 0 Å². The van der Waals surface area contributed by atoms with Crippen LogP contribution in [0, 0.1) is 16.2 Å². The maximum absolute atomic E-state index is 12.5. The molecule has 0 aliphatic heterocycles. The van der Waals surface area contributed by atoms with Crippen LogP contribution in [0.2, 0.25) is 0 Å². The van der Waals surface area contributed by atoms with E-state index in [1.54, 1.807) is 0 Å². The molecule has 3 N–H and O–H groups in total. The zero-order chi connectivity index (χ0) is 13.8. The first-order valence-corrected chi connectivity index (χ1v) is 7.34. The van der Waals surface area contributed by atoms with Crippen molar-refractivity contribution < 1.29 is 9.59 Å². The molecule has 102 valence electrons. The van der Waals surface area contributed by atoms with Crippen molar-refractivity contribution in [1.82, 2.24) is 5.32 Å². The summed E-state index contributed by atoms with van der Waals surface area (Å²) in [6.45, 7) is 6.96. The summed E-state index contributed by atoms with van der Waals surface area (Å²) in [6.07, 6.45) is 1.55. The smallest absolute Gasteiger partial charge is 0.228 e. The van der Waals surface area contributed by atoms with E-state index in [-0.39, 0.29) is 21.9 Å². The summed E-state index contributed by atoms with van der Waals surface area (Å²) in [6, 6.07) is 0. The SMILES string of the molecule is CC12CCC(C(=O)NCCN)(C(Br)C1=O)C2(C)C. The van der Waals surface area contributed by atoms with Gasteiger partial charge in [-0.3, -0.25) is 9.59 Å². The zero-order valence-electron chi connectivity index (χ0n) is 11.2. The van der Waals surface area contributed by atoms with E-state index >= 15 is 0 Å². The lowest BCUT2D eigenvalue weighted by Gasteiger charge is -2.39. The van der Waals surface area contributed by atoms with Crippen molar-refractivity contribution in [3.05, 3.63) is 0 Å². The molecule has 3 atom stereocenters. The van der Waals surface area contributed by atoms with Gasteiger partial charge in [0.05, 0.1) is 10.2 Å². The molecule has 0 spiro atoms. The van der Waals surface area contributed by atoms with Crippen LogP contribution >= 0.6 is 15.9 Å². The van der Waals surface area contributed by atoms with Crippen molar-refractivity contribution in [2.24, 2.45) is 22.0 Å². The topological polar surface area (TPSA) is 72.2 Å². The average Bonchev–Trinajstić information content (AvgIpc) is 2.59. The molecular weight excluding hydrogens is 296 g/mol. The molecule has 2 rings (SSSR count). The van der Waals surface area contributed by atoms with Crippen molar-refractivity contribution in [1.29, 1.82) is 0 Å². The van der Waals surface area contributed by atoms with Crippen molar-refractivity contribution in [3.63, 3.8) is 0 Å². The fourth-order valence-electron chi connectivity index (χ4n) is 3.80. The molecule has 2 saturated carbocycles. The largest absolute Gasteiger partial charge is 0.354 e. The van der Waals surface area contributed by atoms with Gasteiger partial charge in [-0.15, -0.1) is 0 Å². The molecule has 5 heteroatoms. The summed E-state index contributed by atoms with van der Waals surface area (Å²) < 4.78 is 0. The number of carbonyl (C=O) groups is 2. The molecule has 1 amide bonds. The molecular formula is C13H21BrN2O2. The van der Waals surface area contributed by atoms with Crippen molar-refractivity contribution in [3.8, 4) is 0 Å². The number of nitrogens with one attached hydrogen (secondary N) is 1. The van der Waals surface area contributed by atoms with E-state index in [4.69, 9.17) is 5.73 Å². The summed E-state index contributed by atoms with van der Waals surface area (Å²) in [7, 11) is 0. The Labute approximate surface area is 116 Å². The van der Waals surface area contributed by atoms with Crippen LogP contribution in [0.5, 0.6) is 0 Å². The van der Waals surface area contributed by atoms with Crippen LogP contribution in [0.15, 0.2) is 0 Å². The maximum atomic E-state index is 12.5. The summed E-state index contributed by atoms with van der Waals surface area (Å²) in [4.78, 5) is 24.6. The normalized spacial score (nSPS) is 41.2. The van der Waals surface area contributed by atoms with Crippen LogP contribution in [0.4, 0.5) is 0 Å². The first kappa shape index (κ1) is 14.0. The molecule has 2 bridgehead atoms. The van der Waals surface area contributed by atoms with Gasteiger partial charge in [-0.2, -0.15) is 0 Å². The second-order valence-electron chi connectivity index (χ2n) is 6.20. The van der Waals surface area contributed by atoms with Crippen LogP contribution in [0.25, 0.3) is 0 Å². The minimum atomic E-state index is -0.631. The molecule has 2 aliphatic rings. The standard InChI is InChI=1S/C13H21BrN2O2/c1-11(2)12(3)4-5-13(11,8(14)9(12)17)10(18)16-7-6-15/h8H,4-7,15H2,1-3H3,(H,16,18). The van der Waals surface area contributed by atoms with Gasteiger partial charge in [0.25, 0.3) is 0 Å². The highest BCUT2D eigenvalue weighted by atomic mass is 79.9. The Morgan fingerprint density at radius 2 is 2.06 bits per heavy atom. The molecule has 0 aromatic heterocycles. The van der Waals surface area contributed by atoms with Crippen molar-refractivity contribution in [2.45, 2.75) is 38.4 Å². The number of nitrogens with two attached hydrogens (primary N) is 1. The number of hydrogen-bond donors (Lipinski definition) is 2. The number of hydrogen-bond acceptors (Lipinski definition) is 3. The van der Waals surface area contributed by atoms with E-state index in [0.717, 1.165) is 12.8 Å². The summed E-state index contributed by atoms with van der Waals surface area (Å²) in [5.74, 6) is 0.135. The summed E-state index contributed by atoms with van der Waals surface area (Å²) in [5, 5.41) is 2.87. The molecule has 0 saturated heterocycles. The predicted octanol–water partition coefficient (Wildman–Crippen LogP) is 1.22. The number of fused-ring (bicyclic) bond motifs is 2. The lowest BCUT2D eigenvalue weighted by Crippen LogP contribution is -2.51. The van der Waals surface area contributed by atoms with Gasteiger partial charge in [0.1, 0.15) is 0 Å². The number of alkyl halides is 1. The molecule has 0 heterocycles. The van der Waals surface area contributed by atoms with Crippen molar-refractivity contribution in [2.75, 3.05) is 13.1 Å². The Morgan fingerprint density at radius 1 is 1.44 bits per heavy atom. The summed E-state index contributed by atoms with van der Waals surface area (Å²) >= 11 is 3.48. The fraction of sp³-hybridized carbons (Fsp3) is 0.846. The number of halogens is 1. The quantitative estimate of drug-likeness (QED) is 0.769. The Bertz CT molecular complexity index is 410. The van der Waals surface area contributed by atoms with Crippen molar-refractivity contribution >= 4 is 27.6 Å². The average molecular weight is 317 g/mol. The third kappa shape index (κ3) is 1.29. The maximum Gasteiger partial charge on any atom is 0.228 e. The van der Waals surface area contributed by atoms with Crippen LogP contribution < -0.4 is 11.1 Å². The van der Waals surface area contributed by atoms with Gasteiger partial charge in [-0.05, 0) is 18.3 Å². The Balaban J connectivity index is 2.43. The third-order valence-corrected chi connectivity index (χ3v) is 6.75. The van der Waals surface area contributed by atoms with E-state index in [1.165, 1.54) is 0 Å². The zero-order valence-corrected chi connectivity index (χ0v) is 12.8. The Kier molecular flexibility index (Phi) is 3.14. The van der Waals surface area contributed by atoms with Crippen LogP contribution in [-0.4, -0.2) is 29.6 Å². The number of carbonyl (C=O) groups excluding carboxylic acids is 2. The first-order chi connectivity index (χ1) is 8.25. The van der Waals surface area contributed by atoms with Gasteiger partial charge in [-0.1, -0.05) is 36.7 Å². The van der Waals surface area contributed by atoms with Gasteiger partial charge in [0, 0.05) is 18.5 Å². The highest BCUT2D eigenvalue weighted by molar-refractivity contribution is 9.10. The molecule has 2 aliphatic carbocycles. The monoisotopic (exact) mass is 316 g/mol. The third-order valence-electron chi connectivity index (χ3n) is 5.56. The minimum Gasteiger partial charge on any atom is -0.354 e.